The second kappa shape index (κ2) is 6.46. The third kappa shape index (κ3) is 4.19. The van der Waals surface area contributed by atoms with Gasteiger partial charge in [-0.15, -0.1) is 0 Å². The van der Waals surface area contributed by atoms with Crippen molar-refractivity contribution >= 4 is 11.7 Å². The van der Waals surface area contributed by atoms with Crippen LogP contribution in [0.2, 0.25) is 0 Å². The Hall–Kier alpha value is -1.58. The number of carbonyl (C=O) groups is 1. The van der Waals surface area contributed by atoms with Crippen molar-refractivity contribution in [1.29, 1.82) is 0 Å². The number of anilines is 1. The van der Waals surface area contributed by atoms with Crippen LogP contribution in [0.4, 0.5) is 5.82 Å². The number of nitrogens with zero attached hydrogens (tertiary/aromatic N) is 2. The van der Waals surface area contributed by atoms with Gasteiger partial charge in [-0.2, -0.15) is 0 Å². The second-order valence-electron chi connectivity index (χ2n) is 6.77. The van der Waals surface area contributed by atoms with Crippen LogP contribution in [0.25, 0.3) is 0 Å². The van der Waals surface area contributed by atoms with Crippen LogP contribution in [0.3, 0.4) is 0 Å². The molecule has 2 rings (SSSR count). The normalized spacial score (nSPS) is 14.8. The lowest BCUT2D eigenvalue weighted by Crippen LogP contribution is -2.34. The maximum Gasteiger partial charge on any atom is 0.254 e. The highest BCUT2D eigenvalue weighted by Crippen LogP contribution is 2.29. The third-order valence-corrected chi connectivity index (χ3v) is 3.90. The molecule has 2 N–H and O–H groups in total. The summed E-state index contributed by atoms with van der Waals surface area (Å²) in [6, 6.07) is 4.03. The Labute approximate surface area is 127 Å². The first-order valence-electron chi connectivity index (χ1n) is 7.97. The van der Waals surface area contributed by atoms with Gasteiger partial charge in [-0.25, -0.2) is 4.98 Å². The average molecular weight is 289 g/mol. The van der Waals surface area contributed by atoms with E-state index in [-0.39, 0.29) is 11.8 Å². The minimum Gasteiger partial charge on any atom is -0.384 e. The van der Waals surface area contributed by atoms with Gasteiger partial charge in [-0.1, -0.05) is 27.7 Å². The van der Waals surface area contributed by atoms with E-state index in [1.54, 1.807) is 6.07 Å². The molecule has 0 saturated heterocycles. The van der Waals surface area contributed by atoms with E-state index in [0.29, 0.717) is 23.3 Å². The van der Waals surface area contributed by atoms with Crippen molar-refractivity contribution in [2.45, 2.75) is 58.9 Å². The van der Waals surface area contributed by atoms with Crippen molar-refractivity contribution in [2.24, 2.45) is 5.92 Å². The van der Waals surface area contributed by atoms with E-state index in [1.165, 1.54) is 0 Å². The van der Waals surface area contributed by atoms with E-state index < -0.39 is 0 Å². The largest absolute Gasteiger partial charge is 0.384 e. The van der Waals surface area contributed by atoms with Gasteiger partial charge >= 0.3 is 0 Å². The molecule has 1 aromatic rings. The molecule has 1 aliphatic carbocycles. The molecule has 4 nitrogen and oxygen atoms in total. The predicted octanol–water partition coefficient (Wildman–Crippen LogP) is 3.44. The molecule has 0 bridgehead atoms. The third-order valence-electron chi connectivity index (χ3n) is 3.90. The molecule has 0 atom stereocenters. The molecule has 0 radical (unpaired) electrons. The van der Waals surface area contributed by atoms with Crippen LogP contribution in [0, 0.1) is 5.92 Å². The van der Waals surface area contributed by atoms with Gasteiger partial charge in [0.1, 0.15) is 5.82 Å². The summed E-state index contributed by atoms with van der Waals surface area (Å²) in [6.07, 6.45) is 3.29. The molecular weight excluding hydrogens is 262 g/mol. The van der Waals surface area contributed by atoms with Crippen molar-refractivity contribution in [3.8, 4) is 0 Å². The summed E-state index contributed by atoms with van der Waals surface area (Å²) in [6.45, 7) is 9.34. The summed E-state index contributed by atoms with van der Waals surface area (Å²) >= 11 is 0. The van der Waals surface area contributed by atoms with Gasteiger partial charge in [0.25, 0.3) is 5.91 Å². The Morgan fingerprint density at radius 3 is 2.52 bits per heavy atom. The zero-order valence-electron chi connectivity index (χ0n) is 13.6. The van der Waals surface area contributed by atoms with Gasteiger partial charge in [0.2, 0.25) is 0 Å². The molecule has 1 aromatic heterocycles. The number of nitrogen functional groups attached to an aromatic ring is 1. The van der Waals surface area contributed by atoms with Crippen molar-refractivity contribution in [3.63, 3.8) is 0 Å². The van der Waals surface area contributed by atoms with Crippen LogP contribution in [-0.4, -0.2) is 28.4 Å². The van der Waals surface area contributed by atoms with E-state index in [9.17, 15) is 4.79 Å². The highest BCUT2D eigenvalue weighted by Gasteiger charge is 2.33. The highest BCUT2D eigenvalue weighted by atomic mass is 16.2. The fraction of sp³-hybridized carbons (Fsp3) is 0.647. The first-order chi connectivity index (χ1) is 9.88. The number of amides is 1. The molecule has 1 saturated carbocycles. The van der Waals surface area contributed by atoms with E-state index in [2.05, 4.69) is 32.7 Å². The molecule has 21 heavy (non-hydrogen) atoms. The van der Waals surface area contributed by atoms with Crippen LogP contribution < -0.4 is 5.73 Å². The number of rotatable bonds is 6. The fourth-order valence-corrected chi connectivity index (χ4v) is 2.39. The van der Waals surface area contributed by atoms with Crippen molar-refractivity contribution in [2.75, 3.05) is 12.3 Å². The Morgan fingerprint density at radius 1 is 1.33 bits per heavy atom. The van der Waals surface area contributed by atoms with Gasteiger partial charge in [0, 0.05) is 23.8 Å². The fourth-order valence-electron chi connectivity index (χ4n) is 2.39. The lowest BCUT2D eigenvalue weighted by Gasteiger charge is -2.24. The van der Waals surface area contributed by atoms with Crippen LogP contribution in [0.15, 0.2) is 12.1 Å². The predicted molar refractivity (Wildman–Crippen MR) is 86.3 cm³/mol. The molecule has 0 unspecified atom stereocenters. The molecule has 1 fully saturated rings. The lowest BCUT2D eigenvalue weighted by atomic mass is 10.1. The minimum atomic E-state index is 0.106. The van der Waals surface area contributed by atoms with E-state index in [1.807, 2.05) is 11.0 Å². The number of nitrogens with two attached hydrogens (primary N) is 1. The van der Waals surface area contributed by atoms with E-state index in [0.717, 1.165) is 31.5 Å². The Kier molecular flexibility index (Phi) is 4.86. The van der Waals surface area contributed by atoms with Crippen molar-refractivity contribution < 1.29 is 4.79 Å². The van der Waals surface area contributed by atoms with E-state index >= 15 is 0 Å². The van der Waals surface area contributed by atoms with Crippen LogP contribution in [0.5, 0.6) is 0 Å². The molecule has 0 aromatic carbocycles. The second-order valence-corrected chi connectivity index (χ2v) is 6.77. The average Bonchev–Trinajstić information content (AvgIpc) is 3.22. The summed E-state index contributed by atoms with van der Waals surface area (Å²) in [5, 5.41) is 0. The van der Waals surface area contributed by atoms with Crippen molar-refractivity contribution in [3.05, 3.63) is 23.4 Å². The topological polar surface area (TPSA) is 59.2 Å². The molecule has 1 amide bonds. The number of pyridine rings is 1. The SMILES string of the molecule is CC(C)CCN(C(=O)c1cc(N)nc(C(C)C)c1)C1CC1. The zero-order valence-corrected chi connectivity index (χ0v) is 13.6. The smallest absolute Gasteiger partial charge is 0.254 e. The summed E-state index contributed by atoms with van der Waals surface area (Å²) in [4.78, 5) is 19.2. The maximum atomic E-state index is 12.8. The standard InChI is InChI=1S/C17H27N3O/c1-11(2)7-8-20(14-5-6-14)17(21)13-9-15(12(3)4)19-16(18)10-13/h9-12,14H,5-8H2,1-4H3,(H2,18,19). The van der Waals surface area contributed by atoms with Crippen molar-refractivity contribution in [1.82, 2.24) is 9.88 Å². The van der Waals surface area contributed by atoms with Gasteiger partial charge in [-0.3, -0.25) is 4.79 Å². The monoisotopic (exact) mass is 289 g/mol. The summed E-state index contributed by atoms with van der Waals surface area (Å²) in [5.74, 6) is 1.41. The molecule has 116 valence electrons. The molecular formula is C17H27N3O. The zero-order chi connectivity index (χ0) is 15.6. The number of hydrogen-bond donors (Lipinski definition) is 1. The summed E-state index contributed by atoms with van der Waals surface area (Å²) in [7, 11) is 0. The lowest BCUT2D eigenvalue weighted by molar-refractivity contribution is 0.0735. The Bertz CT molecular complexity index is 507. The van der Waals surface area contributed by atoms with Gasteiger partial charge in [-0.05, 0) is 43.2 Å². The Balaban J connectivity index is 2.20. The van der Waals surface area contributed by atoms with Crippen LogP contribution in [0.1, 0.15) is 68.9 Å². The first kappa shape index (κ1) is 15.8. The maximum absolute atomic E-state index is 12.8. The summed E-state index contributed by atoms with van der Waals surface area (Å²) < 4.78 is 0. The minimum absolute atomic E-state index is 0.106. The number of carbonyl (C=O) groups excluding carboxylic acids is 1. The van der Waals surface area contributed by atoms with E-state index in [4.69, 9.17) is 5.73 Å². The van der Waals surface area contributed by atoms with Gasteiger partial charge in [0.15, 0.2) is 0 Å². The number of hydrogen-bond acceptors (Lipinski definition) is 3. The van der Waals surface area contributed by atoms with Gasteiger partial charge < -0.3 is 10.6 Å². The number of aromatic nitrogens is 1. The summed E-state index contributed by atoms with van der Waals surface area (Å²) in [5.41, 5.74) is 7.44. The molecule has 4 heteroatoms. The van der Waals surface area contributed by atoms with Gasteiger partial charge in [0.05, 0.1) is 0 Å². The molecule has 1 aliphatic rings. The van der Waals surface area contributed by atoms with Crippen LogP contribution >= 0.6 is 0 Å². The Morgan fingerprint density at radius 2 is 2.00 bits per heavy atom. The molecule has 0 spiro atoms. The first-order valence-corrected chi connectivity index (χ1v) is 7.97. The molecule has 1 heterocycles. The highest BCUT2D eigenvalue weighted by molar-refractivity contribution is 5.95. The quantitative estimate of drug-likeness (QED) is 0.872. The molecule has 0 aliphatic heterocycles. The van der Waals surface area contributed by atoms with Crippen LogP contribution in [-0.2, 0) is 0 Å².